The first-order chi connectivity index (χ1) is 12.7. The van der Waals surface area contributed by atoms with E-state index in [4.69, 9.17) is 16.3 Å². The molecule has 3 fully saturated rings. The number of alkyl halides is 1. The van der Waals surface area contributed by atoms with Crippen LogP contribution >= 0.6 is 11.6 Å². The van der Waals surface area contributed by atoms with Crippen LogP contribution in [0.15, 0.2) is 12.7 Å². The molecule has 140 valence electrons. The molecule has 0 aromatic carbocycles. The zero-order valence-corrected chi connectivity index (χ0v) is 15.0. The molecule has 2 bridgehead atoms. The Kier molecular flexibility index (Phi) is 4.04. The summed E-state index contributed by atoms with van der Waals surface area (Å²) >= 11 is 5.81. The van der Waals surface area contributed by atoms with Crippen molar-refractivity contribution in [3.05, 3.63) is 12.7 Å². The van der Waals surface area contributed by atoms with E-state index in [9.17, 15) is 10.2 Å². The maximum absolute atomic E-state index is 10.3. The second-order valence-electron chi connectivity index (χ2n) is 7.67. The third kappa shape index (κ3) is 2.51. The number of hydrogen-bond acceptors (Lipinski definition) is 7. The lowest BCUT2D eigenvalue weighted by Gasteiger charge is -2.23. The van der Waals surface area contributed by atoms with Gasteiger partial charge in [-0.05, 0) is 31.1 Å². The van der Waals surface area contributed by atoms with Gasteiger partial charge in [0, 0.05) is 6.04 Å². The number of hydrogen-bond donors (Lipinski definition) is 3. The Morgan fingerprint density at radius 3 is 2.77 bits per heavy atom. The highest BCUT2D eigenvalue weighted by Gasteiger charge is 2.44. The van der Waals surface area contributed by atoms with Crippen LogP contribution in [0.1, 0.15) is 31.9 Å². The van der Waals surface area contributed by atoms with E-state index in [0.717, 1.165) is 5.92 Å². The van der Waals surface area contributed by atoms with Gasteiger partial charge in [-0.15, -0.1) is 11.6 Å². The van der Waals surface area contributed by atoms with Crippen molar-refractivity contribution in [2.75, 3.05) is 11.2 Å². The monoisotopic (exact) mass is 379 g/mol. The average molecular weight is 380 g/mol. The molecule has 1 saturated heterocycles. The molecule has 2 aliphatic carbocycles. The van der Waals surface area contributed by atoms with Gasteiger partial charge < -0.3 is 20.3 Å². The van der Waals surface area contributed by atoms with Crippen molar-refractivity contribution in [1.82, 2.24) is 19.5 Å². The van der Waals surface area contributed by atoms with E-state index in [2.05, 4.69) is 20.3 Å². The molecule has 8 nitrogen and oxygen atoms in total. The normalized spacial score (nSPS) is 39.1. The number of nitrogens with zero attached hydrogens (tertiary/aromatic N) is 4. The maximum atomic E-state index is 10.3. The van der Waals surface area contributed by atoms with Crippen LogP contribution in [0.3, 0.4) is 0 Å². The van der Waals surface area contributed by atoms with Gasteiger partial charge in [-0.1, -0.05) is 6.42 Å². The van der Waals surface area contributed by atoms with Crippen molar-refractivity contribution < 1.29 is 14.9 Å². The van der Waals surface area contributed by atoms with E-state index in [-0.39, 0.29) is 5.88 Å². The number of imidazole rings is 1. The van der Waals surface area contributed by atoms with Crippen molar-refractivity contribution in [2.24, 2.45) is 11.8 Å². The summed E-state index contributed by atoms with van der Waals surface area (Å²) in [5.74, 6) is 2.37. The van der Waals surface area contributed by atoms with E-state index in [1.807, 2.05) is 0 Å². The van der Waals surface area contributed by atoms with Gasteiger partial charge in [-0.2, -0.15) is 0 Å². The summed E-state index contributed by atoms with van der Waals surface area (Å²) in [6, 6.07) is 0.438. The zero-order valence-electron chi connectivity index (χ0n) is 14.2. The summed E-state index contributed by atoms with van der Waals surface area (Å²) in [5, 5.41) is 23.9. The summed E-state index contributed by atoms with van der Waals surface area (Å²) in [5.41, 5.74) is 1.21. The van der Waals surface area contributed by atoms with Crippen LogP contribution in [0.4, 0.5) is 5.82 Å². The first-order valence-corrected chi connectivity index (χ1v) is 9.70. The second kappa shape index (κ2) is 6.30. The van der Waals surface area contributed by atoms with E-state index < -0.39 is 24.5 Å². The number of ether oxygens (including phenoxy) is 1. The van der Waals surface area contributed by atoms with E-state index in [0.29, 0.717) is 28.9 Å². The minimum atomic E-state index is -1.09. The fraction of sp³-hybridized carbons (Fsp3) is 0.706. The topological polar surface area (TPSA) is 105 Å². The van der Waals surface area contributed by atoms with Crippen molar-refractivity contribution in [3.63, 3.8) is 0 Å². The minimum Gasteiger partial charge on any atom is -0.387 e. The van der Waals surface area contributed by atoms with Crippen molar-refractivity contribution >= 4 is 28.6 Å². The molecule has 7 atom stereocenters. The van der Waals surface area contributed by atoms with Crippen LogP contribution < -0.4 is 5.32 Å². The number of aliphatic hydroxyl groups excluding tert-OH is 2. The number of rotatable bonds is 4. The smallest absolute Gasteiger partial charge is 0.167 e. The molecule has 2 saturated carbocycles. The Morgan fingerprint density at radius 2 is 2.08 bits per heavy atom. The van der Waals surface area contributed by atoms with E-state index in [1.54, 1.807) is 10.9 Å². The molecule has 5 rings (SSSR count). The Morgan fingerprint density at radius 1 is 1.19 bits per heavy atom. The number of nitrogens with one attached hydrogen (secondary N) is 1. The number of halogens is 1. The Labute approximate surface area is 155 Å². The number of fused-ring (bicyclic) bond motifs is 3. The molecule has 9 heteroatoms. The lowest BCUT2D eigenvalue weighted by atomic mass is 9.95. The molecule has 3 aliphatic rings. The van der Waals surface area contributed by atoms with Gasteiger partial charge in [-0.25, -0.2) is 15.0 Å². The highest BCUT2D eigenvalue weighted by molar-refractivity contribution is 6.18. The first kappa shape index (κ1) is 16.7. The summed E-state index contributed by atoms with van der Waals surface area (Å²) in [4.78, 5) is 13.2. The third-order valence-corrected chi connectivity index (χ3v) is 6.49. The predicted octanol–water partition coefficient (Wildman–Crippen LogP) is 1.28. The van der Waals surface area contributed by atoms with Crippen molar-refractivity contribution in [1.29, 1.82) is 0 Å². The molecule has 1 aliphatic heterocycles. The third-order valence-electron chi connectivity index (χ3n) is 6.18. The maximum Gasteiger partial charge on any atom is 0.167 e. The molecule has 0 amide bonds. The van der Waals surface area contributed by atoms with Gasteiger partial charge in [0.05, 0.1) is 12.2 Å². The lowest BCUT2D eigenvalue weighted by Crippen LogP contribution is -2.32. The van der Waals surface area contributed by atoms with Gasteiger partial charge in [0.15, 0.2) is 23.2 Å². The van der Waals surface area contributed by atoms with E-state index in [1.165, 1.54) is 32.0 Å². The number of aromatic nitrogens is 4. The van der Waals surface area contributed by atoms with Gasteiger partial charge in [-0.3, -0.25) is 4.57 Å². The minimum absolute atomic E-state index is 0.105. The summed E-state index contributed by atoms with van der Waals surface area (Å²) < 4.78 is 7.35. The van der Waals surface area contributed by atoms with Crippen molar-refractivity contribution in [3.8, 4) is 0 Å². The SMILES string of the molecule is OC1C(O)[C@@H](CCl)O[C@H]1n1cnc2c(NC3CC4CCC3C4)ncnc21. The largest absolute Gasteiger partial charge is 0.387 e. The van der Waals surface area contributed by atoms with Gasteiger partial charge in [0.25, 0.3) is 0 Å². The average Bonchev–Trinajstić information content (AvgIpc) is 3.41. The van der Waals surface area contributed by atoms with E-state index >= 15 is 0 Å². The summed E-state index contributed by atoms with van der Waals surface area (Å²) in [7, 11) is 0. The number of anilines is 1. The van der Waals surface area contributed by atoms with Crippen LogP contribution in [0.2, 0.25) is 0 Å². The van der Waals surface area contributed by atoms with Gasteiger partial charge in [0.1, 0.15) is 24.6 Å². The summed E-state index contributed by atoms with van der Waals surface area (Å²) in [6.45, 7) is 0. The fourth-order valence-electron chi connectivity index (χ4n) is 4.83. The Bertz CT molecular complexity index is 817. The second-order valence-corrected chi connectivity index (χ2v) is 7.98. The molecule has 2 aromatic rings. The van der Waals surface area contributed by atoms with Crippen LogP contribution in [-0.4, -0.2) is 60.0 Å². The Hall–Kier alpha value is -1.48. The van der Waals surface area contributed by atoms with Crippen LogP contribution in [0, 0.1) is 11.8 Å². The lowest BCUT2D eigenvalue weighted by molar-refractivity contribution is -0.0291. The molecular weight excluding hydrogens is 358 g/mol. The first-order valence-electron chi connectivity index (χ1n) is 9.17. The highest BCUT2D eigenvalue weighted by Crippen LogP contribution is 2.45. The molecule has 3 heterocycles. The molecule has 0 spiro atoms. The molecule has 26 heavy (non-hydrogen) atoms. The standard InChI is InChI=1S/C17H22ClN5O3/c18-5-11-13(24)14(25)17(26-11)23-7-21-12-15(19-6-20-16(12)23)22-10-4-8-1-2-9(10)3-8/h6-11,13-14,17,24-25H,1-5H2,(H,19,20,22)/t8?,9?,10?,11-,13?,14?,17-/m1/s1. The van der Waals surface area contributed by atoms with Crippen molar-refractivity contribution in [2.45, 2.75) is 56.3 Å². The zero-order chi connectivity index (χ0) is 17.8. The van der Waals surface area contributed by atoms with Gasteiger partial charge >= 0.3 is 0 Å². The molecule has 2 aromatic heterocycles. The quantitative estimate of drug-likeness (QED) is 0.687. The molecular formula is C17H22ClN5O3. The van der Waals surface area contributed by atoms with Crippen LogP contribution in [0.5, 0.6) is 0 Å². The highest BCUT2D eigenvalue weighted by atomic mass is 35.5. The molecule has 0 radical (unpaired) electrons. The van der Waals surface area contributed by atoms with Crippen LogP contribution in [-0.2, 0) is 4.74 Å². The number of aliphatic hydroxyl groups is 2. The molecule has 5 unspecified atom stereocenters. The summed E-state index contributed by atoms with van der Waals surface area (Å²) in [6.07, 6.45) is 4.66. The predicted molar refractivity (Wildman–Crippen MR) is 94.8 cm³/mol. The molecule has 3 N–H and O–H groups in total. The van der Waals surface area contributed by atoms with Crippen LogP contribution in [0.25, 0.3) is 11.2 Å². The Balaban J connectivity index is 1.44. The van der Waals surface area contributed by atoms with Gasteiger partial charge in [0.2, 0.25) is 0 Å². The fourth-order valence-corrected chi connectivity index (χ4v) is 5.08.